The first-order valence-corrected chi connectivity index (χ1v) is 16.4. The highest BCUT2D eigenvalue weighted by Gasteiger charge is 2.19. The molecular formula is C45H27N3O. The Morgan fingerprint density at radius 3 is 1.73 bits per heavy atom. The van der Waals surface area contributed by atoms with Gasteiger partial charge in [0.25, 0.3) is 0 Å². The van der Waals surface area contributed by atoms with Crippen LogP contribution in [-0.2, 0) is 0 Å². The predicted octanol–water partition coefficient (Wildman–Crippen LogP) is 11.9. The number of hydrogen-bond acceptors (Lipinski definition) is 4. The van der Waals surface area contributed by atoms with Gasteiger partial charge in [-0.25, -0.2) is 15.0 Å². The van der Waals surface area contributed by atoms with Gasteiger partial charge in [-0.3, -0.25) is 0 Å². The summed E-state index contributed by atoms with van der Waals surface area (Å²) in [6, 6.07) is 56.9. The van der Waals surface area contributed by atoms with Gasteiger partial charge in [0.05, 0.1) is 0 Å². The first kappa shape index (κ1) is 27.5. The average molecular weight is 626 g/mol. The molecule has 0 fully saturated rings. The van der Waals surface area contributed by atoms with Gasteiger partial charge in [0.1, 0.15) is 11.2 Å². The highest BCUT2D eigenvalue weighted by molar-refractivity contribution is 6.19. The minimum absolute atomic E-state index is 0.605. The lowest BCUT2D eigenvalue weighted by molar-refractivity contribution is 0.669. The van der Waals surface area contributed by atoms with Gasteiger partial charge in [-0.2, -0.15) is 0 Å². The molecule has 0 saturated heterocycles. The molecule has 228 valence electrons. The van der Waals surface area contributed by atoms with Crippen LogP contribution in [0.5, 0.6) is 0 Å². The Morgan fingerprint density at radius 1 is 0.327 bits per heavy atom. The maximum absolute atomic E-state index is 6.48. The van der Waals surface area contributed by atoms with E-state index in [2.05, 4.69) is 121 Å². The normalized spacial score (nSPS) is 11.7. The molecule has 0 bridgehead atoms. The molecule has 4 nitrogen and oxygen atoms in total. The van der Waals surface area contributed by atoms with E-state index in [4.69, 9.17) is 19.4 Å². The van der Waals surface area contributed by atoms with E-state index in [1.807, 2.05) is 42.5 Å². The van der Waals surface area contributed by atoms with E-state index < -0.39 is 0 Å². The Morgan fingerprint density at radius 2 is 0.918 bits per heavy atom. The largest absolute Gasteiger partial charge is 0.456 e. The standard InChI is InChI=1S/C45H27N3O/c1-2-12-31(13-3-1)43-46-44(32-23-20-30(21-24-32)35-17-8-14-28-10-4-6-15-34(28)35)48-45(47-43)37-18-9-19-40-42(37)39-27-38-33(26-41(39)49-40)25-22-29-11-5-7-16-36(29)38/h1-27H. The van der Waals surface area contributed by atoms with Gasteiger partial charge in [0, 0.05) is 27.5 Å². The smallest absolute Gasteiger partial charge is 0.164 e. The SMILES string of the molecule is c1ccc(-c2nc(-c3ccc(-c4cccc5ccccc45)cc3)nc(-c3cccc4oc5cc6ccc7ccccc7c6cc5c34)n2)cc1. The Labute approximate surface area is 282 Å². The molecule has 0 unspecified atom stereocenters. The first-order valence-electron chi connectivity index (χ1n) is 16.4. The summed E-state index contributed by atoms with van der Waals surface area (Å²) >= 11 is 0. The Kier molecular flexibility index (Phi) is 6.15. The Bertz CT molecular complexity index is 2870. The van der Waals surface area contributed by atoms with Crippen LogP contribution in [0, 0.1) is 0 Å². The molecule has 0 aliphatic rings. The van der Waals surface area contributed by atoms with Crippen molar-refractivity contribution >= 4 is 54.3 Å². The fourth-order valence-electron chi connectivity index (χ4n) is 7.13. The van der Waals surface area contributed by atoms with Gasteiger partial charge < -0.3 is 4.42 Å². The number of benzene rings is 8. The zero-order valence-electron chi connectivity index (χ0n) is 26.3. The lowest BCUT2D eigenvalue weighted by Gasteiger charge is -2.11. The number of aromatic nitrogens is 3. The van der Waals surface area contributed by atoms with Gasteiger partial charge in [-0.1, -0.05) is 146 Å². The number of rotatable bonds is 4. The van der Waals surface area contributed by atoms with Crippen molar-refractivity contribution in [1.29, 1.82) is 0 Å². The van der Waals surface area contributed by atoms with Crippen molar-refractivity contribution in [3.63, 3.8) is 0 Å². The lowest BCUT2D eigenvalue weighted by Crippen LogP contribution is -2.00. The molecule has 0 atom stereocenters. The van der Waals surface area contributed by atoms with Crippen LogP contribution in [0.25, 0.3) is 99.5 Å². The van der Waals surface area contributed by atoms with Crippen LogP contribution in [0.2, 0.25) is 0 Å². The van der Waals surface area contributed by atoms with Crippen LogP contribution in [0.1, 0.15) is 0 Å². The summed E-state index contributed by atoms with van der Waals surface area (Å²) in [5.74, 6) is 1.85. The lowest BCUT2D eigenvalue weighted by atomic mass is 9.97. The van der Waals surface area contributed by atoms with Gasteiger partial charge in [0.2, 0.25) is 0 Å². The van der Waals surface area contributed by atoms with E-state index in [9.17, 15) is 0 Å². The number of nitrogens with zero attached hydrogens (tertiary/aromatic N) is 3. The highest BCUT2D eigenvalue weighted by atomic mass is 16.3. The van der Waals surface area contributed by atoms with Crippen molar-refractivity contribution in [2.45, 2.75) is 0 Å². The summed E-state index contributed by atoms with van der Waals surface area (Å²) in [7, 11) is 0. The Hall–Kier alpha value is -6.65. The van der Waals surface area contributed by atoms with E-state index in [1.165, 1.54) is 32.5 Å². The molecule has 0 aliphatic heterocycles. The fourth-order valence-corrected chi connectivity index (χ4v) is 7.13. The summed E-state index contributed by atoms with van der Waals surface area (Å²) in [6.07, 6.45) is 0. The molecule has 49 heavy (non-hydrogen) atoms. The topological polar surface area (TPSA) is 51.8 Å². The van der Waals surface area contributed by atoms with Gasteiger partial charge in [-0.15, -0.1) is 0 Å². The number of furan rings is 1. The average Bonchev–Trinajstić information content (AvgIpc) is 3.55. The van der Waals surface area contributed by atoms with Gasteiger partial charge in [-0.05, 0) is 61.6 Å². The molecule has 4 heteroatoms. The van der Waals surface area contributed by atoms with Crippen LogP contribution in [0.15, 0.2) is 168 Å². The van der Waals surface area contributed by atoms with Crippen molar-refractivity contribution in [3.05, 3.63) is 164 Å². The molecule has 2 heterocycles. The van der Waals surface area contributed by atoms with Crippen molar-refractivity contribution in [3.8, 4) is 45.3 Å². The predicted molar refractivity (Wildman–Crippen MR) is 201 cm³/mol. The van der Waals surface area contributed by atoms with Crippen LogP contribution in [0.4, 0.5) is 0 Å². The third kappa shape index (κ3) is 4.57. The minimum Gasteiger partial charge on any atom is -0.456 e. The highest BCUT2D eigenvalue weighted by Crippen LogP contribution is 2.40. The summed E-state index contributed by atoms with van der Waals surface area (Å²) in [4.78, 5) is 15.2. The maximum Gasteiger partial charge on any atom is 0.164 e. The van der Waals surface area contributed by atoms with E-state index in [-0.39, 0.29) is 0 Å². The van der Waals surface area contributed by atoms with Crippen LogP contribution >= 0.6 is 0 Å². The van der Waals surface area contributed by atoms with Crippen molar-refractivity contribution in [2.75, 3.05) is 0 Å². The molecule has 0 N–H and O–H groups in total. The maximum atomic E-state index is 6.48. The van der Waals surface area contributed by atoms with E-state index in [0.29, 0.717) is 17.5 Å². The molecule has 2 aromatic heterocycles. The quantitative estimate of drug-likeness (QED) is 0.183. The van der Waals surface area contributed by atoms with Gasteiger partial charge in [0.15, 0.2) is 17.5 Å². The second-order valence-corrected chi connectivity index (χ2v) is 12.4. The van der Waals surface area contributed by atoms with Crippen LogP contribution < -0.4 is 0 Å². The van der Waals surface area contributed by atoms with Crippen molar-refractivity contribution in [2.24, 2.45) is 0 Å². The van der Waals surface area contributed by atoms with E-state index in [0.717, 1.165) is 49.6 Å². The molecule has 0 aliphatic carbocycles. The second kappa shape index (κ2) is 11.0. The minimum atomic E-state index is 0.605. The molecule has 8 aromatic carbocycles. The molecule has 0 spiro atoms. The zero-order valence-corrected chi connectivity index (χ0v) is 26.3. The fraction of sp³-hybridized carbons (Fsp3) is 0. The molecule has 0 amide bonds. The monoisotopic (exact) mass is 625 g/mol. The van der Waals surface area contributed by atoms with Gasteiger partial charge >= 0.3 is 0 Å². The second-order valence-electron chi connectivity index (χ2n) is 12.4. The number of fused-ring (bicyclic) bond motifs is 7. The third-order valence-corrected chi connectivity index (χ3v) is 9.51. The molecule has 10 rings (SSSR count). The molecule has 0 saturated carbocycles. The van der Waals surface area contributed by atoms with E-state index in [1.54, 1.807) is 0 Å². The first-order chi connectivity index (χ1) is 24.3. The van der Waals surface area contributed by atoms with Crippen LogP contribution in [0.3, 0.4) is 0 Å². The van der Waals surface area contributed by atoms with Crippen LogP contribution in [-0.4, -0.2) is 15.0 Å². The molecule has 10 aromatic rings. The zero-order chi connectivity index (χ0) is 32.3. The number of hydrogen-bond donors (Lipinski definition) is 0. The van der Waals surface area contributed by atoms with E-state index >= 15 is 0 Å². The summed E-state index contributed by atoms with van der Waals surface area (Å²) < 4.78 is 6.48. The summed E-state index contributed by atoms with van der Waals surface area (Å²) in [5.41, 5.74) is 6.75. The molecular weight excluding hydrogens is 599 g/mol. The summed E-state index contributed by atoms with van der Waals surface area (Å²) in [6.45, 7) is 0. The summed E-state index contributed by atoms with van der Waals surface area (Å²) in [5, 5.41) is 9.25. The Balaban J connectivity index is 1.17. The molecule has 0 radical (unpaired) electrons. The van der Waals surface area contributed by atoms with Crippen molar-refractivity contribution in [1.82, 2.24) is 15.0 Å². The third-order valence-electron chi connectivity index (χ3n) is 9.51. The van der Waals surface area contributed by atoms with Crippen molar-refractivity contribution < 1.29 is 4.42 Å².